The third-order valence-corrected chi connectivity index (χ3v) is 6.04. The van der Waals surface area contributed by atoms with Gasteiger partial charge in [0, 0.05) is 24.1 Å². The van der Waals surface area contributed by atoms with Crippen LogP contribution in [-0.2, 0) is 16.0 Å². The fourth-order valence-electron chi connectivity index (χ4n) is 2.72. The van der Waals surface area contributed by atoms with Crippen LogP contribution in [0.1, 0.15) is 4.88 Å². The average Bonchev–Trinajstić information content (AvgIpc) is 3.35. The average molecular weight is 423 g/mol. The lowest BCUT2D eigenvalue weighted by Gasteiger charge is -2.21. The number of halogens is 2. The Hall–Kier alpha value is -2.16. The third kappa shape index (κ3) is 5.21. The van der Waals surface area contributed by atoms with Gasteiger partial charge in [0.15, 0.2) is 0 Å². The molecule has 0 atom stereocenters. The maximum atomic E-state index is 12.9. The van der Waals surface area contributed by atoms with Crippen molar-refractivity contribution in [3.05, 3.63) is 52.7 Å². The molecule has 0 N–H and O–H groups in total. The molecule has 0 spiro atoms. The van der Waals surface area contributed by atoms with Gasteiger partial charge in [-0.25, -0.2) is 13.8 Å². The number of alkyl halides is 2. The summed E-state index contributed by atoms with van der Waals surface area (Å²) in [5, 5.41) is 2.76. The van der Waals surface area contributed by atoms with Crippen molar-refractivity contribution in [2.45, 2.75) is 12.8 Å². The zero-order chi connectivity index (χ0) is 19.9. The molecule has 0 unspecified atom stereocenters. The molecule has 0 aliphatic carbocycles. The number of thiophene rings is 1. The summed E-state index contributed by atoms with van der Waals surface area (Å²) < 4.78 is 30.7. The second kappa shape index (κ2) is 9.86. The molecule has 1 amide bonds. The zero-order valence-electron chi connectivity index (χ0n) is 15.3. The summed E-state index contributed by atoms with van der Waals surface area (Å²) in [6.45, 7) is -0.243. The second-order valence-electron chi connectivity index (χ2n) is 6.03. The Morgan fingerprint density at radius 2 is 2.00 bits per heavy atom. The molecule has 148 valence electrons. The standard InChI is InChI=1S/C20H20F2N2O2S2/c1-26-10-9-24(13-17(21)22)18(25)12-16-19(15-8-5-11-27-15)23-20(28-16)14-6-3-2-4-7-14/h2-8,11,17H,9-10,12-13H2,1H3. The van der Waals surface area contributed by atoms with Crippen LogP contribution in [-0.4, -0.2) is 49.0 Å². The van der Waals surface area contributed by atoms with Crippen molar-refractivity contribution in [3.63, 3.8) is 0 Å². The number of rotatable bonds is 9. The van der Waals surface area contributed by atoms with Gasteiger partial charge >= 0.3 is 0 Å². The highest BCUT2D eigenvalue weighted by atomic mass is 32.1. The quantitative estimate of drug-likeness (QED) is 0.496. The summed E-state index contributed by atoms with van der Waals surface area (Å²) in [7, 11) is 1.48. The molecular weight excluding hydrogens is 402 g/mol. The van der Waals surface area contributed by atoms with Crippen LogP contribution in [0.25, 0.3) is 21.1 Å². The Labute approximate surface area is 170 Å². The second-order valence-corrected chi connectivity index (χ2v) is 8.07. The molecule has 3 rings (SSSR count). The Bertz CT molecular complexity index is 883. The molecule has 28 heavy (non-hydrogen) atoms. The number of benzene rings is 1. The van der Waals surface area contributed by atoms with Crippen LogP contribution in [0.3, 0.4) is 0 Å². The molecule has 1 aromatic carbocycles. The van der Waals surface area contributed by atoms with Crippen molar-refractivity contribution in [1.29, 1.82) is 0 Å². The van der Waals surface area contributed by atoms with E-state index in [0.29, 0.717) is 0 Å². The summed E-state index contributed by atoms with van der Waals surface area (Å²) in [6, 6.07) is 13.6. The van der Waals surface area contributed by atoms with Crippen molar-refractivity contribution in [1.82, 2.24) is 9.88 Å². The minimum absolute atomic E-state index is 0.0359. The van der Waals surface area contributed by atoms with Crippen LogP contribution in [0.15, 0.2) is 47.8 Å². The van der Waals surface area contributed by atoms with Crippen molar-refractivity contribution >= 4 is 28.6 Å². The SMILES string of the molecule is COCCN(CC(F)F)C(=O)Cc1sc(-c2ccccc2)nc1-c1cccs1. The summed E-state index contributed by atoms with van der Waals surface area (Å²) in [5.41, 5.74) is 1.71. The van der Waals surface area contributed by atoms with E-state index >= 15 is 0 Å². The molecule has 0 saturated carbocycles. The van der Waals surface area contributed by atoms with Gasteiger partial charge in [-0.2, -0.15) is 0 Å². The molecule has 0 bridgehead atoms. The van der Waals surface area contributed by atoms with E-state index in [2.05, 4.69) is 0 Å². The number of hydrogen-bond donors (Lipinski definition) is 0. The molecule has 0 aliphatic rings. The molecule has 2 heterocycles. The van der Waals surface area contributed by atoms with Gasteiger partial charge in [-0.15, -0.1) is 22.7 Å². The number of nitrogens with zero attached hydrogens (tertiary/aromatic N) is 2. The molecule has 0 fully saturated rings. The lowest BCUT2D eigenvalue weighted by molar-refractivity contribution is -0.133. The first-order valence-electron chi connectivity index (χ1n) is 8.72. The minimum atomic E-state index is -2.58. The van der Waals surface area contributed by atoms with Gasteiger partial charge in [0.1, 0.15) is 5.01 Å². The van der Waals surface area contributed by atoms with Crippen LogP contribution >= 0.6 is 22.7 Å². The Balaban J connectivity index is 1.89. The number of ether oxygens (including phenoxy) is 1. The number of thiazole rings is 1. The number of carbonyl (C=O) groups excluding carboxylic acids is 1. The van der Waals surface area contributed by atoms with E-state index in [0.717, 1.165) is 30.9 Å². The molecule has 8 heteroatoms. The molecule has 0 aliphatic heterocycles. The van der Waals surface area contributed by atoms with E-state index in [9.17, 15) is 13.6 Å². The first-order valence-corrected chi connectivity index (χ1v) is 10.4. The van der Waals surface area contributed by atoms with Crippen LogP contribution < -0.4 is 0 Å². The van der Waals surface area contributed by atoms with Gasteiger partial charge < -0.3 is 9.64 Å². The van der Waals surface area contributed by atoms with E-state index in [4.69, 9.17) is 9.72 Å². The van der Waals surface area contributed by atoms with Crippen molar-refractivity contribution < 1.29 is 18.3 Å². The minimum Gasteiger partial charge on any atom is -0.383 e. The summed E-state index contributed by atoms with van der Waals surface area (Å²) in [6.07, 6.45) is -2.55. The highest BCUT2D eigenvalue weighted by Crippen LogP contribution is 2.36. The zero-order valence-corrected chi connectivity index (χ0v) is 16.9. The normalized spacial score (nSPS) is 11.1. The van der Waals surface area contributed by atoms with E-state index < -0.39 is 13.0 Å². The van der Waals surface area contributed by atoms with Crippen LogP contribution in [0, 0.1) is 0 Å². The number of hydrogen-bond acceptors (Lipinski definition) is 5. The van der Waals surface area contributed by atoms with Gasteiger partial charge in [-0.05, 0) is 11.4 Å². The molecule has 2 aromatic heterocycles. The van der Waals surface area contributed by atoms with Crippen molar-refractivity contribution in [2.75, 3.05) is 26.8 Å². The largest absolute Gasteiger partial charge is 0.383 e. The highest BCUT2D eigenvalue weighted by Gasteiger charge is 2.23. The monoisotopic (exact) mass is 422 g/mol. The van der Waals surface area contributed by atoms with E-state index in [1.54, 1.807) is 0 Å². The first kappa shape index (κ1) is 20.6. The number of methoxy groups -OCH3 is 1. The highest BCUT2D eigenvalue weighted by molar-refractivity contribution is 7.17. The molecule has 4 nitrogen and oxygen atoms in total. The van der Waals surface area contributed by atoms with Crippen LogP contribution in [0.5, 0.6) is 0 Å². The summed E-state index contributed by atoms with van der Waals surface area (Å²) >= 11 is 2.97. The van der Waals surface area contributed by atoms with Crippen molar-refractivity contribution in [3.8, 4) is 21.1 Å². The topological polar surface area (TPSA) is 42.4 Å². The smallest absolute Gasteiger partial charge is 0.255 e. The van der Waals surface area contributed by atoms with Crippen LogP contribution in [0.4, 0.5) is 8.78 Å². The Morgan fingerprint density at radius 3 is 2.64 bits per heavy atom. The van der Waals surface area contributed by atoms with Gasteiger partial charge in [0.05, 0.1) is 30.1 Å². The predicted octanol–water partition coefficient (Wildman–Crippen LogP) is 4.82. The third-order valence-electron chi connectivity index (χ3n) is 4.06. The number of carbonyl (C=O) groups is 1. The van der Waals surface area contributed by atoms with Crippen molar-refractivity contribution in [2.24, 2.45) is 0 Å². The summed E-state index contributed by atoms with van der Waals surface area (Å²) in [4.78, 5) is 20.4. The maximum Gasteiger partial charge on any atom is 0.255 e. The Morgan fingerprint density at radius 1 is 1.21 bits per heavy atom. The number of aromatic nitrogens is 1. The van der Waals surface area contributed by atoms with Crippen LogP contribution in [0.2, 0.25) is 0 Å². The fraction of sp³-hybridized carbons (Fsp3) is 0.300. The van der Waals surface area contributed by atoms with Gasteiger partial charge in [-0.1, -0.05) is 36.4 Å². The maximum absolute atomic E-state index is 12.9. The van der Waals surface area contributed by atoms with Gasteiger partial charge in [-0.3, -0.25) is 4.79 Å². The van der Waals surface area contributed by atoms with E-state index in [1.165, 1.54) is 29.8 Å². The van der Waals surface area contributed by atoms with E-state index in [1.807, 2.05) is 47.8 Å². The molecule has 3 aromatic rings. The summed E-state index contributed by atoms with van der Waals surface area (Å²) in [5.74, 6) is -0.349. The molecule has 0 radical (unpaired) electrons. The molecular formula is C20H20F2N2O2S2. The van der Waals surface area contributed by atoms with Gasteiger partial charge in [0.25, 0.3) is 6.43 Å². The number of amides is 1. The predicted molar refractivity (Wildman–Crippen MR) is 109 cm³/mol. The lowest BCUT2D eigenvalue weighted by atomic mass is 10.2. The first-order chi connectivity index (χ1) is 13.6. The fourth-order valence-corrected chi connectivity index (χ4v) is 4.59. The molecule has 0 saturated heterocycles. The van der Waals surface area contributed by atoms with Gasteiger partial charge in [0.2, 0.25) is 5.91 Å². The Kier molecular flexibility index (Phi) is 7.24. The van der Waals surface area contributed by atoms with E-state index in [-0.39, 0.29) is 25.5 Å². The lowest BCUT2D eigenvalue weighted by Crippen LogP contribution is -2.38.